The van der Waals surface area contributed by atoms with Crippen LogP contribution in [0.2, 0.25) is 10.0 Å². The first-order valence-electron chi connectivity index (χ1n) is 8.02. The van der Waals surface area contributed by atoms with Crippen molar-refractivity contribution in [1.29, 1.82) is 0 Å². The molecule has 0 radical (unpaired) electrons. The summed E-state index contributed by atoms with van der Waals surface area (Å²) in [5.41, 5.74) is 2.80. The molecule has 0 saturated heterocycles. The Morgan fingerprint density at radius 2 is 1.85 bits per heavy atom. The lowest BCUT2D eigenvalue weighted by Gasteiger charge is -2.17. The molecule has 1 atom stereocenters. The summed E-state index contributed by atoms with van der Waals surface area (Å²) in [5.74, 6) is -1.78. The molecule has 0 aliphatic carbocycles. The van der Waals surface area contributed by atoms with Gasteiger partial charge in [0.2, 0.25) is 5.78 Å². The van der Waals surface area contributed by atoms with Gasteiger partial charge in [0.15, 0.2) is 0 Å². The van der Waals surface area contributed by atoms with Crippen LogP contribution in [0.3, 0.4) is 0 Å². The number of aryl methyl sites for hydroxylation is 1. The highest BCUT2D eigenvalue weighted by Crippen LogP contribution is 2.36. The van der Waals surface area contributed by atoms with Crippen LogP contribution in [0.15, 0.2) is 48.7 Å². The minimum Gasteiger partial charge on any atom is -0.463 e. The van der Waals surface area contributed by atoms with Crippen LogP contribution < -0.4 is 0 Å². The molecule has 0 amide bonds. The third-order valence-corrected chi connectivity index (χ3v) is 5.19. The monoisotopic (exact) mass is 389 g/mol. The van der Waals surface area contributed by atoms with Gasteiger partial charge < -0.3 is 9.30 Å². The molecule has 1 aromatic heterocycles. The van der Waals surface area contributed by atoms with Gasteiger partial charge in [0.05, 0.1) is 17.2 Å². The first kappa shape index (κ1) is 18.5. The number of carbonyl (C=O) groups excluding carboxylic acids is 2. The van der Waals surface area contributed by atoms with Gasteiger partial charge in [-0.05, 0) is 29.3 Å². The predicted octanol–water partition coefficient (Wildman–Crippen LogP) is 4.75. The first-order valence-corrected chi connectivity index (χ1v) is 8.78. The Bertz CT molecular complexity index is 994. The van der Waals surface area contributed by atoms with Crippen LogP contribution in [-0.2, 0) is 21.4 Å². The van der Waals surface area contributed by atoms with Gasteiger partial charge >= 0.3 is 5.97 Å². The van der Waals surface area contributed by atoms with Crippen LogP contribution in [0.5, 0.6) is 0 Å². The van der Waals surface area contributed by atoms with Gasteiger partial charge in [0, 0.05) is 36.5 Å². The molecule has 2 aromatic carbocycles. The second-order valence-electron chi connectivity index (χ2n) is 6.06. The molecule has 0 bridgehead atoms. The Morgan fingerprint density at radius 3 is 2.54 bits per heavy atom. The number of hydrogen-bond donors (Lipinski definition) is 0. The molecule has 0 fully saturated rings. The molecular weight excluding hydrogens is 373 g/mol. The molecule has 3 rings (SSSR count). The summed E-state index contributed by atoms with van der Waals surface area (Å²) in [6.07, 6.45) is 1.96. The molecular formula is C20H17Cl2NO3. The van der Waals surface area contributed by atoms with Gasteiger partial charge in [-0.3, -0.25) is 4.79 Å². The number of para-hydroxylation sites is 1. The van der Waals surface area contributed by atoms with E-state index in [0.29, 0.717) is 10.0 Å². The number of rotatable bonds is 5. The lowest BCUT2D eigenvalue weighted by Crippen LogP contribution is -2.19. The number of halogens is 2. The summed E-state index contributed by atoms with van der Waals surface area (Å²) in [6.45, 7) is 0. The van der Waals surface area contributed by atoms with Crippen LogP contribution in [0.4, 0.5) is 0 Å². The quantitative estimate of drug-likeness (QED) is 0.467. The third kappa shape index (κ3) is 3.48. The molecule has 134 valence electrons. The number of Topliss-reactive ketones (excluding diaryl/α,β-unsaturated/α-hetero) is 1. The number of fused-ring (bicyclic) bond motifs is 1. The summed E-state index contributed by atoms with van der Waals surface area (Å²) in [5, 5.41) is 1.86. The Morgan fingerprint density at radius 1 is 1.12 bits per heavy atom. The van der Waals surface area contributed by atoms with E-state index in [9.17, 15) is 9.59 Å². The maximum absolute atomic E-state index is 12.3. The fourth-order valence-corrected chi connectivity index (χ4v) is 3.48. The van der Waals surface area contributed by atoms with Gasteiger partial charge in [0.25, 0.3) is 0 Å². The molecule has 0 aliphatic heterocycles. The maximum atomic E-state index is 12.3. The number of hydrogen-bond acceptors (Lipinski definition) is 3. The largest absolute Gasteiger partial charge is 0.463 e. The van der Waals surface area contributed by atoms with Crippen molar-refractivity contribution in [3.8, 4) is 0 Å². The molecule has 0 unspecified atom stereocenters. The lowest BCUT2D eigenvalue weighted by atomic mass is 9.87. The van der Waals surface area contributed by atoms with Crippen LogP contribution >= 0.6 is 23.2 Å². The first-order chi connectivity index (χ1) is 12.4. The average molecular weight is 390 g/mol. The van der Waals surface area contributed by atoms with Crippen molar-refractivity contribution in [3.63, 3.8) is 0 Å². The molecule has 0 aliphatic rings. The number of ketones is 1. The van der Waals surface area contributed by atoms with Crippen molar-refractivity contribution >= 4 is 45.9 Å². The van der Waals surface area contributed by atoms with Crippen molar-refractivity contribution < 1.29 is 14.3 Å². The summed E-state index contributed by atoms with van der Waals surface area (Å²) in [6, 6.07) is 13.2. The molecule has 0 saturated carbocycles. The number of nitrogens with zero attached hydrogens (tertiary/aromatic N) is 1. The summed E-state index contributed by atoms with van der Waals surface area (Å²) in [7, 11) is 3.15. The highest BCUT2D eigenvalue weighted by atomic mass is 35.5. The second-order valence-corrected chi connectivity index (χ2v) is 6.87. The van der Waals surface area contributed by atoms with Gasteiger partial charge in [-0.25, -0.2) is 4.79 Å². The zero-order chi connectivity index (χ0) is 18.8. The molecule has 6 heteroatoms. The van der Waals surface area contributed by atoms with Gasteiger partial charge in [-0.15, -0.1) is 0 Å². The van der Waals surface area contributed by atoms with Crippen LogP contribution in [-0.4, -0.2) is 23.4 Å². The molecule has 1 heterocycles. The zero-order valence-corrected chi connectivity index (χ0v) is 15.8. The summed E-state index contributed by atoms with van der Waals surface area (Å²) in [4.78, 5) is 24.0. The van der Waals surface area contributed by atoms with E-state index in [2.05, 4.69) is 4.74 Å². The number of aromatic nitrogens is 1. The van der Waals surface area contributed by atoms with E-state index in [-0.39, 0.29) is 12.3 Å². The molecule has 0 N–H and O–H groups in total. The Hall–Kier alpha value is -2.30. The number of ether oxygens (including phenoxy) is 1. The minimum absolute atomic E-state index is 0.0152. The van der Waals surface area contributed by atoms with Crippen LogP contribution in [0.1, 0.15) is 23.5 Å². The van der Waals surface area contributed by atoms with E-state index in [4.69, 9.17) is 23.2 Å². The fourth-order valence-electron chi connectivity index (χ4n) is 3.17. The number of carbonyl (C=O) groups is 2. The van der Waals surface area contributed by atoms with Gasteiger partial charge in [-0.1, -0.05) is 47.5 Å². The van der Waals surface area contributed by atoms with Crippen molar-refractivity contribution in [2.24, 2.45) is 7.05 Å². The molecule has 4 nitrogen and oxygen atoms in total. The SMILES string of the molecule is COC(=O)C(=O)C[C@@H](c1ccc(Cl)c(Cl)c1)c1cn(C)c2ccccc12. The molecule has 26 heavy (non-hydrogen) atoms. The molecule has 3 aromatic rings. The topological polar surface area (TPSA) is 48.3 Å². The van der Waals surface area contributed by atoms with E-state index >= 15 is 0 Å². The highest BCUT2D eigenvalue weighted by Gasteiger charge is 2.26. The van der Waals surface area contributed by atoms with E-state index in [1.165, 1.54) is 7.11 Å². The van der Waals surface area contributed by atoms with Crippen molar-refractivity contribution in [3.05, 3.63) is 69.8 Å². The fraction of sp³-hybridized carbons (Fsp3) is 0.200. The average Bonchev–Trinajstić information content (AvgIpc) is 2.98. The van der Waals surface area contributed by atoms with Crippen molar-refractivity contribution in [1.82, 2.24) is 4.57 Å². The number of benzene rings is 2. The van der Waals surface area contributed by atoms with Crippen LogP contribution in [0, 0.1) is 0 Å². The highest BCUT2D eigenvalue weighted by molar-refractivity contribution is 6.42. The normalized spacial score (nSPS) is 12.2. The van der Waals surface area contributed by atoms with Gasteiger partial charge in [-0.2, -0.15) is 0 Å². The summed E-state index contributed by atoms with van der Waals surface area (Å²) < 4.78 is 6.58. The third-order valence-electron chi connectivity index (χ3n) is 4.45. The Labute approximate surface area is 161 Å². The lowest BCUT2D eigenvalue weighted by molar-refractivity contribution is -0.151. The smallest absolute Gasteiger partial charge is 0.374 e. The maximum Gasteiger partial charge on any atom is 0.374 e. The van der Waals surface area contributed by atoms with E-state index in [1.807, 2.05) is 48.1 Å². The second kappa shape index (κ2) is 7.52. The van der Waals surface area contributed by atoms with Crippen molar-refractivity contribution in [2.45, 2.75) is 12.3 Å². The van der Waals surface area contributed by atoms with E-state index < -0.39 is 11.8 Å². The minimum atomic E-state index is -0.852. The van der Waals surface area contributed by atoms with Crippen LogP contribution in [0.25, 0.3) is 10.9 Å². The predicted molar refractivity (Wildman–Crippen MR) is 103 cm³/mol. The van der Waals surface area contributed by atoms with E-state index in [1.54, 1.807) is 12.1 Å². The standard InChI is InChI=1S/C20H17Cl2NO3/c1-23-11-15(13-5-3-4-6-18(13)23)14(10-19(24)20(25)26-2)12-7-8-16(21)17(22)9-12/h3-9,11,14H,10H2,1-2H3/t14-/m0/s1. The van der Waals surface area contributed by atoms with E-state index in [0.717, 1.165) is 22.0 Å². The number of esters is 1. The zero-order valence-electron chi connectivity index (χ0n) is 14.3. The Kier molecular flexibility index (Phi) is 5.35. The summed E-state index contributed by atoms with van der Waals surface area (Å²) >= 11 is 12.2. The van der Waals surface area contributed by atoms with Gasteiger partial charge in [0.1, 0.15) is 0 Å². The number of methoxy groups -OCH3 is 1. The molecule has 0 spiro atoms. The van der Waals surface area contributed by atoms with Crippen molar-refractivity contribution in [2.75, 3.05) is 7.11 Å². The Balaban J connectivity index is 2.14.